The predicted octanol–water partition coefficient (Wildman–Crippen LogP) is 3.36. The molecule has 1 saturated carbocycles. The van der Waals surface area contributed by atoms with Crippen LogP contribution in [0.4, 0.5) is 0 Å². The van der Waals surface area contributed by atoms with Gasteiger partial charge in [-0.05, 0) is 55.2 Å². The van der Waals surface area contributed by atoms with E-state index < -0.39 is 5.97 Å². The van der Waals surface area contributed by atoms with Gasteiger partial charge in [-0.25, -0.2) is 4.79 Å². The molecule has 24 heavy (non-hydrogen) atoms. The molecule has 1 N–H and O–H groups in total. The molecule has 0 saturated heterocycles. The molecule has 1 aromatic carbocycles. The van der Waals surface area contributed by atoms with Crippen LogP contribution < -0.4 is 4.74 Å². The number of methoxy groups -OCH3 is 1. The fourth-order valence-electron chi connectivity index (χ4n) is 3.33. The van der Waals surface area contributed by atoms with E-state index in [2.05, 4.69) is 0 Å². The van der Waals surface area contributed by atoms with Gasteiger partial charge in [0.15, 0.2) is 5.78 Å². The lowest BCUT2D eigenvalue weighted by molar-refractivity contribution is -0.114. The van der Waals surface area contributed by atoms with E-state index in [-0.39, 0.29) is 29.6 Å². The number of hydrogen-bond acceptors (Lipinski definition) is 5. The Morgan fingerprint density at radius 3 is 2.92 bits per heavy atom. The Hall–Kier alpha value is -2.30. The van der Waals surface area contributed by atoms with E-state index in [0.29, 0.717) is 24.5 Å². The van der Waals surface area contributed by atoms with Gasteiger partial charge in [-0.1, -0.05) is 6.08 Å². The maximum absolute atomic E-state index is 12.4. The molecule has 5 heteroatoms. The van der Waals surface area contributed by atoms with Crippen molar-refractivity contribution in [1.82, 2.24) is 0 Å². The fourth-order valence-corrected chi connectivity index (χ4v) is 3.33. The molecule has 1 aliphatic carbocycles. The van der Waals surface area contributed by atoms with Crippen molar-refractivity contribution in [3.8, 4) is 11.5 Å². The summed E-state index contributed by atoms with van der Waals surface area (Å²) in [5.74, 6) is 0.676. The first-order valence-electron chi connectivity index (χ1n) is 8.37. The van der Waals surface area contributed by atoms with E-state index >= 15 is 0 Å². The van der Waals surface area contributed by atoms with Gasteiger partial charge in [0.1, 0.15) is 17.1 Å². The third kappa shape index (κ3) is 3.61. The number of rotatable bonds is 1. The number of aromatic hydroxyl groups is 1. The summed E-state index contributed by atoms with van der Waals surface area (Å²) in [6.45, 7) is 0.182. The van der Waals surface area contributed by atoms with Crippen LogP contribution in [0, 0.1) is 5.92 Å². The number of ether oxygens (including phenoxy) is 2. The quantitative estimate of drug-likeness (QED) is 0.799. The van der Waals surface area contributed by atoms with Crippen molar-refractivity contribution in [2.75, 3.05) is 13.7 Å². The number of benzene rings is 1. The third-order valence-electron chi connectivity index (χ3n) is 4.70. The van der Waals surface area contributed by atoms with Gasteiger partial charge in [0.05, 0.1) is 13.7 Å². The molecule has 0 amide bonds. The van der Waals surface area contributed by atoms with Crippen molar-refractivity contribution in [2.24, 2.45) is 5.92 Å². The topological polar surface area (TPSA) is 72.8 Å². The van der Waals surface area contributed by atoms with Gasteiger partial charge < -0.3 is 14.6 Å². The Bertz CT molecular complexity index is 677. The van der Waals surface area contributed by atoms with E-state index in [1.165, 1.54) is 13.2 Å². The van der Waals surface area contributed by atoms with E-state index in [4.69, 9.17) is 9.47 Å². The fraction of sp³-hybridized carbons (Fsp3) is 0.474. The second-order valence-corrected chi connectivity index (χ2v) is 6.40. The standard InChI is InChI=1S/C19H22O5/c1-23-14-10-16-15-9-12(15)5-4-7-13(20)6-2-3-8-24-19(22)18(16)17(21)11-14/h2,6,10-12,15,21H,3-5,7-9H2,1H3/b6-2-. The molecule has 2 atom stereocenters. The van der Waals surface area contributed by atoms with E-state index in [0.717, 1.165) is 24.8 Å². The SMILES string of the molecule is COc1cc(O)c2c(c1)C1CC1CCCC(=O)/C=C\CCOC2=O. The maximum Gasteiger partial charge on any atom is 0.342 e. The monoisotopic (exact) mass is 330 g/mol. The van der Waals surface area contributed by atoms with Crippen LogP contribution in [0.3, 0.4) is 0 Å². The zero-order valence-electron chi connectivity index (χ0n) is 13.8. The normalized spacial score (nSPS) is 25.7. The highest BCUT2D eigenvalue weighted by molar-refractivity contribution is 5.95. The summed E-state index contributed by atoms with van der Waals surface area (Å²) in [5, 5.41) is 10.3. The summed E-state index contributed by atoms with van der Waals surface area (Å²) in [5.41, 5.74) is 1.04. The molecule has 0 radical (unpaired) electrons. The number of esters is 1. The molecule has 0 aromatic heterocycles. The van der Waals surface area contributed by atoms with E-state index in [1.807, 2.05) is 6.07 Å². The minimum absolute atomic E-state index is 0.0992. The number of hydrogen-bond donors (Lipinski definition) is 1. The van der Waals surface area contributed by atoms with Crippen LogP contribution >= 0.6 is 0 Å². The average molecular weight is 330 g/mol. The number of ketones is 1. The molecule has 5 nitrogen and oxygen atoms in total. The van der Waals surface area contributed by atoms with Crippen molar-refractivity contribution in [2.45, 2.75) is 38.0 Å². The summed E-state index contributed by atoms with van der Waals surface area (Å²) in [4.78, 5) is 24.1. The van der Waals surface area contributed by atoms with Crippen LogP contribution in [0.15, 0.2) is 24.3 Å². The molecule has 1 fully saturated rings. The molecule has 0 spiro atoms. The van der Waals surface area contributed by atoms with Crippen molar-refractivity contribution in [3.63, 3.8) is 0 Å². The average Bonchev–Trinajstić information content (AvgIpc) is 3.32. The maximum atomic E-state index is 12.4. The van der Waals surface area contributed by atoms with Crippen molar-refractivity contribution >= 4 is 11.8 Å². The first kappa shape index (κ1) is 16.6. The Kier molecular flexibility index (Phi) is 4.88. The number of phenols is 1. The summed E-state index contributed by atoms with van der Waals surface area (Å²) in [7, 11) is 1.53. The summed E-state index contributed by atoms with van der Waals surface area (Å²) in [6, 6.07) is 3.26. The molecule has 128 valence electrons. The second-order valence-electron chi connectivity index (χ2n) is 6.40. The second kappa shape index (κ2) is 7.07. The number of fused-ring (bicyclic) bond motifs is 3. The first-order chi connectivity index (χ1) is 11.6. The smallest absolute Gasteiger partial charge is 0.342 e. The lowest BCUT2D eigenvalue weighted by atomic mass is 9.98. The molecular formula is C19H22O5. The Labute approximate surface area is 141 Å². The molecule has 0 bridgehead atoms. The zero-order chi connectivity index (χ0) is 17.1. The van der Waals surface area contributed by atoms with Crippen LogP contribution in [0.2, 0.25) is 0 Å². The van der Waals surface area contributed by atoms with Gasteiger partial charge >= 0.3 is 5.97 Å². The molecule has 2 aliphatic rings. The van der Waals surface area contributed by atoms with Gasteiger partial charge in [-0.2, -0.15) is 0 Å². The molecule has 1 aliphatic heterocycles. The molecule has 3 rings (SSSR count). The van der Waals surface area contributed by atoms with Gasteiger partial charge in [0.25, 0.3) is 0 Å². The molecule has 1 heterocycles. The number of allylic oxidation sites excluding steroid dienone is 1. The Morgan fingerprint density at radius 1 is 1.29 bits per heavy atom. The Balaban J connectivity index is 1.90. The number of phenolic OH excluding ortho intramolecular Hbond substituents is 1. The van der Waals surface area contributed by atoms with E-state index in [1.54, 1.807) is 12.2 Å². The summed E-state index contributed by atoms with van der Waals surface area (Å²) >= 11 is 0. The first-order valence-corrected chi connectivity index (χ1v) is 8.37. The van der Waals surface area contributed by atoms with E-state index in [9.17, 15) is 14.7 Å². The largest absolute Gasteiger partial charge is 0.507 e. The van der Waals surface area contributed by atoms with Crippen molar-refractivity contribution in [3.05, 3.63) is 35.4 Å². The van der Waals surface area contributed by atoms with Crippen LogP contribution in [0.1, 0.15) is 53.9 Å². The van der Waals surface area contributed by atoms with Crippen molar-refractivity contribution < 1.29 is 24.2 Å². The highest BCUT2D eigenvalue weighted by atomic mass is 16.5. The minimum Gasteiger partial charge on any atom is -0.507 e. The lowest BCUT2D eigenvalue weighted by Gasteiger charge is -2.13. The highest BCUT2D eigenvalue weighted by Crippen LogP contribution is 2.53. The van der Waals surface area contributed by atoms with Gasteiger partial charge in [-0.15, -0.1) is 0 Å². The van der Waals surface area contributed by atoms with Crippen LogP contribution in [-0.4, -0.2) is 30.6 Å². The number of carbonyl (C=O) groups excluding carboxylic acids is 2. The highest BCUT2D eigenvalue weighted by Gasteiger charge is 2.41. The lowest BCUT2D eigenvalue weighted by Crippen LogP contribution is -2.10. The zero-order valence-corrected chi connectivity index (χ0v) is 13.8. The summed E-state index contributed by atoms with van der Waals surface area (Å²) in [6.07, 6.45) is 7.08. The van der Waals surface area contributed by atoms with Crippen molar-refractivity contribution in [1.29, 1.82) is 0 Å². The van der Waals surface area contributed by atoms with Gasteiger partial charge in [0.2, 0.25) is 0 Å². The van der Waals surface area contributed by atoms with Gasteiger partial charge in [0, 0.05) is 12.5 Å². The van der Waals surface area contributed by atoms with Crippen LogP contribution in [-0.2, 0) is 9.53 Å². The summed E-state index contributed by atoms with van der Waals surface area (Å²) < 4.78 is 10.5. The van der Waals surface area contributed by atoms with Crippen LogP contribution in [0.5, 0.6) is 11.5 Å². The molecule has 2 unspecified atom stereocenters. The molecular weight excluding hydrogens is 308 g/mol. The molecule has 1 aromatic rings. The third-order valence-corrected chi connectivity index (χ3v) is 4.70. The minimum atomic E-state index is -0.521. The number of carbonyl (C=O) groups is 2. The Morgan fingerprint density at radius 2 is 2.12 bits per heavy atom. The van der Waals surface area contributed by atoms with Crippen LogP contribution in [0.25, 0.3) is 0 Å². The van der Waals surface area contributed by atoms with Gasteiger partial charge in [-0.3, -0.25) is 4.79 Å². The predicted molar refractivity (Wildman–Crippen MR) is 88.4 cm³/mol. The number of cyclic esters (lactones) is 1.